The number of nitrogens with zero attached hydrogens (tertiary/aromatic N) is 12. The highest BCUT2D eigenvalue weighted by molar-refractivity contribution is 6.02. The summed E-state index contributed by atoms with van der Waals surface area (Å²) in [7, 11) is 3.24. The van der Waals surface area contributed by atoms with Crippen molar-refractivity contribution in [2.45, 2.75) is 27.7 Å². The van der Waals surface area contributed by atoms with Crippen molar-refractivity contribution in [1.82, 2.24) is 39.9 Å². The standard InChI is InChI=1S/2C32H29N7O2/c2*1-20-7-8-35-27(13-20)30-21(2)29(26-6-4-5-22(16-33)31(26)38-30)37-28-15-24(39-9-11-41-12-10-39)18-36-32(28)23-14-25(40-3)19-34-17-23/h2*4-8,13-15,17-19H,9-12H2,1-3H3,(H,37,38). The Balaban J connectivity index is 0.000000172. The van der Waals surface area contributed by atoms with Gasteiger partial charge in [0.05, 0.1) is 156 Å². The molecule has 18 heteroatoms. The number of aromatic nitrogens is 8. The van der Waals surface area contributed by atoms with Crippen molar-refractivity contribution in [2.75, 3.05) is 87.3 Å². The Hall–Kier alpha value is -10.1. The van der Waals surface area contributed by atoms with E-state index in [4.69, 9.17) is 38.9 Å². The van der Waals surface area contributed by atoms with Gasteiger partial charge in [-0.3, -0.25) is 29.9 Å². The van der Waals surface area contributed by atoms with E-state index in [2.05, 4.69) is 64.6 Å². The van der Waals surface area contributed by atoms with Gasteiger partial charge in [0, 0.05) is 84.0 Å². The average Bonchev–Trinajstić information content (AvgIpc) is 3.49. The molecule has 8 aromatic heterocycles. The van der Waals surface area contributed by atoms with Gasteiger partial charge in [-0.15, -0.1) is 0 Å². The van der Waals surface area contributed by atoms with Gasteiger partial charge in [0.25, 0.3) is 0 Å². The number of morpholine rings is 2. The third kappa shape index (κ3) is 11.2. The summed E-state index contributed by atoms with van der Waals surface area (Å²) in [4.78, 5) is 42.3. The summed E-state index contributed by atoms with van der Waals surface area (Å²) in [5, 5.41) is 29.0. The van der Waals surface area contributed by atoms with Crippen LogP contribution in [0.1, 0.15) is 33.4 Å². The number of hydrogen-bond acceptors (Lipinski definition) is 18. The van der Waals surface area contributed by atoms with Gasteiger partial charge in [-0.25, -0.2) is 9.97 Å². The third-order valence-corrected chi connectivity index (χ3v) is 14.5. The number of fused-ring (bicyclic) bond motifs is 2. The zero-order valence-electron chi connectivity index (χ0n) is 46.4. The first kappa shape index (κ1) is 53.8. The summed E-state index contributed by atoms with van der Waals surface area (Å²) in [5.74, 6) is 1.29. The molecule has 2 aliphatic rings. The zero-order chi connectivity index (χ0) is 56.7. The van der Waals surface area contributed by atoms with Crippen LogP contribution in [0.4, 0.5) is 34.1 Å². The minimum atomic E-state index is 0.497. The van der Waals surface area contributed by atoms with Gasteiger partial charge in [0.15, 0.2) is 0 Å². The molecule has 82 heavy (non-hydrogen) atoms. The van der Waals surface area contributed by atoms with Crippen LogP contribution >= 0.6 is 0 Å². The molecule has 2 aliphatic heterocycles. The molecule has 408 valence electrons. The first-order valence-electron chi connectivity index (χ1n) is 26.8. The van der Waals surface area contributed by atoms with Gasteiger partial charge in [0.1, 0.15) is 23.6 Å². The van der Waals surface area contributed by atoms with Crippen molar-refractivity contribution in [3.05, 3.63) is 168 Å². The van der Waals surface area contributed by atoms with E-state index in [0.717, 1.165) is 127 Å². The molecule has 2 fully saturated rings. The second-order valence-corrected chi connectivity index (χ2v) is 19.8. The van der Waals surface area contributed by atoms with E-state index >= 15 is 0 Å². The number of pyridine rings is 8. The highest BCUT2D eigenvalue weighted by atomic mass is 16.5. The fourth-order valence-electron chi connectivity index (χ4n) is 10.2. The number of benzene rings is 2. The lowest BCUT2D eigenvalue weighted by Gasteiger charge is -2.29. The van der Waals surface area contributed by atoms with E-state index in [0.29, 0.717) is 71.5 Å². The number of para-hydroxylation sites is 2. The monoisotopic (exact) mass is 1090 g/mol. The molecular formula is C64H58N14O4. The molecule has 12 rings (SSSR count). The first-order valence-corrected chi connectivity index (χ1v) is 26.8. The zero-order valence-corrected chi connectivity index (χ0v) is 46.4. The normalized spacial score (nSPS) is 13.2. The number of aryl methyl sites for hydroxylation is 2. The number of hydrogen-bond donors (Lipinski definition) is 2. The Bertz CT molecular complexity index is 3850. The molecule has 0 unspecified atom stereocenters. The molecule has 2 N–H and O–H groups in total. The summed E-state index contributed by atoms with van der Waals surface area (Å²) in [6, 6.07) is 31.9. The van der Waals surface area contributed by atoms with E-state index in [9.17, 15) is 10.5 Å². The van der Waals surface area contributed by atoms with Crippen LogP contribution in [0.15, 0.2) is 135 Å². The molecule has 0 saturated carbocycles. The molecule has 0 bridgehead atoms. The fraction of sp³-hybridized carbons (Fsp3) is 0.219. The second-order valence-electron chi connectivity index (χ2n) is 19.8. The number of anilines is 6. The molecule has 2 aromatic carbocycles. The van der Waals surface area contributed by atoms with Crippen molar-refractivity contribution in [3.8, 4) is 68.9 Å². The number of nitriles is 2. The van der Waals surface area contributed by atoms with Gasteiger partial charge >= 0.3 is 0 Å². The first-order chi connectivity index (χ1) is 40.1. The van der Waals surface area contributed by atoms with Crippen LogP contribution in [0.3, 0.4) is 0 Å². The number of methoxy groups -OCH3 is 2. The van der Waals surface area contributed by atoms with Crippen LogP contribution in [0.25, 0.3) is 67.1 Å². The van der Waals surface area contributed by atoms with E-state index in [1.165, 1.54) is 0 Å². The Morgan fingerprint density at radius 1 is 0.500 bits per heavy atom. The molecule has 10 aromatic rings. The van der Waals surface area contributed by atoms with Gasteiger partial charge in [-0.05, 0) is 99.5 Å². The topological polar surface area (TPSA) is 218 Å². The average molecular weight is 1090 g/mol. The molecule has 0 spiro atoms. The second kappa shape index (κ2) is 24.1. The number of rotatable bonds is 12. The van der Waals surface area contributed by atoms with E-state index in [1.807, 2.05) is 101 Å². The predicted molar refractivity (Wildman–Crippen MR) is 319 cm³/mol. The lowest BCUT2D eigenvalue weighted by Crippen LogP contribution is -2.36. The van der Waals surface area contributed by atoms with Crippen molar-refractivity contribution in [2.24, 2.45) is 0 Å². The Kier molecular flexibility index (Phi) is 15.8. The molecule has 10 heterocycles. The molecule has 0 atom stereocenters. The predicted octanol–water partition coefficient (Wildman–Crippen LogP) is 11.7. The highest BCUT2D eigenvalue weighted by Gasteiger charge is 2.24. The van der Waals surface area contributed by atoms with Gasteiger partial charge in [-0.1, -0.05) is 24.3 Å². The fourth-order valence-corrected chi connectivity index (χ4v) is 10.2. The summed E-state index contributed by atoms with van der Waals surface area (Å²) < 4.78 is 22.1. The van der Waals surface area contributed by atoms with Gasteiger partial charge in [-0.2, -0.15) is 10.5 Å². The molecule has 18 nitrogen and oxygen atoms in total. The Morgan fingerprint density at radius 2 is 0.927 bits per heavy atom. The minimum Gasteiger partial charge on any atom is -0.495 e. The summed E-state index contributed by atoms with van der Waals surface area (Å²) in [5.41, 5.74) is 17.5. The third-order valence-electron chi connectivity index (χ3n) is 14.5. The van der Waals surface area contributed by atoms with Crippen molar-refractivity contribution >= 4 is 55.9 Å². The lowest BCUT2D eigenvalue weighted by atomic mass is 10.0. The van der Waals surface area contributed by atoms with Gasteiger partial charge in [0.2, 0.25) is 0 Å². The molecule has 0 radical (unpaired) electrons. The molecule has 0 amide bonds. The van der Waals surface area contributed by atoms with Crippen LogP contribution in [-0.4, -0.2) is 107 Å². The smallest absolute Gasteiger partial charge is 0.137 e. The highest BCUT2D eigenvalue weighted by Crippen LogP contribution is 2.42. The van der Waals surface area contributed by atoms with Crippen LogP contribution in [0.5, 0.6) is 11.5 Å². The maximum Gasteiger partial charge on any atom is 0.137 e. The van der Waals surface area contributed by atoms with Crippen LogP contribution in [0.2, 0.25) is 0 Å². The number of ether oxygens (including phenoxy) is 4. The molecule has 2 saturated heterocycles. The SMILES string of the molecule is COc1cncc(-c2ncc(N3CCOCC3)cc2Nc2c(C)c(-c3cc(C)ccn3)nc3c(C#N)cccc23)c1.COc1cncc(-c2ncc(N3CCOCC3)cc2Nc2c(C)c(-c3cc(C)ccn3)nc3c(C#N)cccc23)c1. The van der Waals surface area contributed by atoms with Crippen molar-refractivity contribution in [1.29, 1.82) is 10.5 Å². The summed E-state index contributed by atoms with van der Waals surface area (Å²) in [6.07, 6.45) is 14.2. The van der Waals surface area contributed by atoms with E-state index in [-0.39, 0.29) is 0 Å². The Morgan fingerprint density at radius 3 is 1.32 bits per heavy atom. The van der Waals surface area contributed by atoms with E-state index < -0.39 is 0 Å². The summed E-state index contributed by atoms with van der Waals surface area (Å²) >= 11 is 0. The van der Waals surface area contributed by atoms with Crippen molar-refractivity contribution in [3.63, 3.8) is 0 Å². The largest absolute Gasteiger partial charge is 0.495 e. The quantitative estimate of drug-likeness (QED) is 0.116. The van der Waals surface area contributed by atoms with E-state index in [1.54, 1.807) is 63.5 Å². The number of nitrogens with one attached hydrogen (secondary N) is 2. The lowest BCUT2D eigenvalue weighted by molar-refractivity contribution is 0.122. The minimum absolute atomic E-state index is 0.497. The molecule has 0 aliphatic carbocycles. The Labute approximate surface area is 475 Å². The van der Waals surface area contributed by atoms with Crippen molar-refractivity contribution < 1.29 is 18.9 Å². The van der Waals surface area contributed by atoms with Gasteiger partial charge < -0.3 is 39.4 Å². The summed E-state index contributed by atoms with van der Waals surface area (Å²) in [6.45, 7) is 13.9. The van der Waals surface area contributed by atoms with Crippen LogP contribution in [-0.2, 0) is 9.47 Å². The maximum atomic E-state index is 9.94. The maximum absolute atomic E-state index is 9.94. The van der Waals surface area contributed by atoms with Crippen LogP contribution < -0.4 is 29.9 Å². The molecular weight excluding hydrogens is 1030 g/mol. The van der Waals surface area contributed by atoms with Crippen LogP contribution in [0, 0.1) is 50.4 Å².